The number of rotatable bonds is 7. The Labute approximate surface area is 128 Å². The lowest BCUT2D eigenvalue weighted by Crippen LogP contribution is -2.19. The lowest BCUT2D eigenvalue weighted by atomic mass is 10.3. The average Bonchev–Trinajstić information content (AvgIpc) is 2.98. The van der Waals surface area contributed by atoms with Gasteiger partial charge in [-0.1, -0.05) is 0 Å². The molecule has 1 aliphatic rings. The second-order valence-corrected chi connectivity index (χ2v) is 6.02. The summed E-state index contributed by atoms with van der Waals surface area (Å²) in [6.07, 6.45) is 4.46. The summed E-state index contributed by atoms with van der Waals surface area (Å²) < 4.78 is 0. The molecule has 0 saturated carbocycles. The predicted molar refractivity (Wildman–Crippen MR) is 85.5 cm³/mol. The molecule has 2 rings (SSSR count). The van der Waals surface area contributed by atoms with Gasteiger partial charge in [0, 0.05) is 25.3 Å². The number of amides is 2. The van der Waals surface area contributed by atoms with Crippen molar-refractivity contribution in [3.05, 3.63) is 18.3 Å². The van der Waals surface area contributed by atoms with Crippen molar-refractivity contribution >= 4 is 35.1 Å². The number of carbonyl (C=O) groups excluding carboxylic acids is 2. The molecule has 0 radical (unpaired) electrons. The summed E-state index contributed by atoms with van der Waals surface area (Å²) in [5, 5.41) is 2.80. The maximum absolute atomic E-state index is 11.7. The van der Waals surface area contributed by atoms with Crippen molar-refractivity contribution in [1.29, 1.82) is 0 Å². The van der Waals surface area contributed by atoms with Gasteiger partial charge in [0.25, 0.3) is 0 Å². The lowest BCUT2D eigenvalue weighted by molar-refractivity contribution is -0.116. The van der Waals surface area contributed by atoms with Crippen molar-refractivity contribution in [2.75, 3.05) is 34.8 Å². The highest BCUT2D eigenvalue weighted by Crippen LogP contribution is 2.19. The third kappa shape index (κ3) is 5.26. The largest absolute Gasteiger partial charge is 0.369 e. The molecule has 7 heteroatoms. The molecular weight excluding hydrogens is 288 g/mol. The number of anilines is 2. The summed E-state index contributed by atoms with van der Waals surface area (Å²) in [7, 11) is 0. The standard InChI is InChI=1S/C14H20N4O2S/c15-12(19)10-21-8-5-14(20)17-11-3-4-13(16-9-11)18-6-1-2-7-18/h3-4,9H,1-2,5-8,10H2,(H2,15,19)(H,17,20). The van der Waals surface area contributed by atoms with Crippen LogP contribution < -0.4 is 16.0 Å². The minimum absolute atomic E-state index is 0.0808. The highest BCUT2D eigenvalue weighted by atomic mass is 32.2. The van der Waals surface area contributed by atoms with Crippen LogP contribution in [-0.2, 0) is 9.59 Å². The number of thioether (sulfide) groups is 1. The lowest BCUT2D eigenvalue weighted by Gasteiger charge is -2.16. The van der Waals surface area contributed by atoms with Crippen LogP contribution in [-0.4, -0.2) is 41.4 Å². The van der Waals surface area contributed by atoms with Crippen LogP contribution in [0.15, 0.2) is 18.3 Å². The summed E-state index contributed by atoms with van der Waals surface area (Å²) in [5.41, 5.74) is 5.72. The zero-order chi connectivity index (χ0) is 15.1. The topological polar surface area (TPSA) is 88.3 Å². The SMILES string of the molecule is NC(=O)CSCCC(=O)Nc1ccc(N2CCCC2)nc1. The summed E-state index contributed by atoms with van der Waals surface area (Å²) in [4.78, 5) is 28.9. The van der Waals surface area contributed by atoms with Crippen molar-refractivity contribution in [2.45, 2.75) is 19.3 Å². The molecule has 6 nitrogen and oxygen atoms in total. The molecule has 1 aromatic rings. The fourth-order valence-electron chi connectivity index (χ4n) is 2.15. The third-order valence-corrected chi connectivity index (χ3v) is 4.16. The normalized spacial score (nSPS) is 14.2. The molecule has 0 aliphatic carbocycles. The fraction of sp³-hybridized carbons (Fsp3) is 0.500. The van der Waals surface area contributed by atoms with E-state index in [-0.39, 0.29) is 17.6 Å². The van der Waals surface area contributed by atoms with E-state index >= 15 is 0 Å². The maximum atomic E-state index is 11.7. The van der Waals surface area contributed by atoms with E-state index in [2.05, 4.69) is 15.2 Å². The fourth-order valence-corrected chi connectivity index (χ4v) is 2.83. The van der Waals surface area contributed by atoms with Gasteiger partial charge in [-0.2, -0.15) is 11.8 Å². The Morgan fingerprint density at radius 3 is 2.71 bits per heavy atom. The molecule has 1 fully saturated rings. The highest BCUT2D eigenvalue weighted by molar-refractivity contribution is 7.99. The number of nitrogens with two attached hydrogens (primary N) is 1. The van der Waals surface area contributed by atoms with Crippen LogP contribution >= 0.6 is 11.8 Å². The predicted octanol–water partition coefficient (Wildman–Crippen LogP) is 1.23. The zero-order valence-electron chi connectivity index (χ0n) is 11.9. The van der Waals surface area contributed by atoms with Crippen molar-refractivity contribution in [1.82, 2.24) is 4.98 Å². The number of nitrogens with zero attached hydrogens (tertiary/aromatic N) is 2. The number of hydrogen-bond acceptors (Lipinski definition) is 5. The van der Waals surface area contributed by atoms with Crippen molar-refractivity contribution in [2.24, 2.45) is 5.73 Å². The first kappa shape index (κ1) is 15.6. The van der Waals surface area contributed by atoms with Gasteiger partial charge in [-0.15, -0.1) is 0 Å². The Morgan fingerprint density at radius 1 is 1.33 bits per heavy atom. The number of pyridine rings is 1. The smallest absolute Gasteiger partial charge is 0.227 e. The van der Waals surface area contributed by atoms with Crippen LogP contribution in [0.3, 0.4) is 0 Å². The van der Waals surface area contributed by atoms with Gasteiger partial charge >= 0.3 is 0 Å². The highest BCUT2D eigenvalue weighted by Gasteiger charge is 2.13. The average molecular weight is 308 g/mol. The van der Waals surface area contributed by atoms with Crippen LogP contribution in [0.2, 0.25) is 0 Å². The van der Waals surface area contributed by atoms with Crippen molar-refractivity contribution < 1.29 is 9.59 Å². The Kier molecular flexibility index (Phi) is 5.86. The maximum Gasteiger partial charge on any atom is 0.227 e. The molecule has 0 bridgehead atoms. The van der Waals surface area contributed by atoms with Crippen molar-refractivity contribution in [3.63, 3.8) is 0 Å². The molecule has 0 spiro atoms. The molecule has 0 atom stereocenters. The van der Waals surface area contributed by atoms with Gasteiger partial charge in [0.2, 0.25) is 11.8 Å². The Morgan fingerprint density at radius 2 is 2.10 bits per heavy atom. The molecule has 2 heterocycles. The first-order valence-electron chi connectivity index (χ1n) is 7.02. The van der Waals surface area contributed by atoms with Gasteiger partial charge in [-0.3, -0.25) is 9.59 Å². The van der Waals surface area contributed by atoms with Crippen LogP contribution in [0.5, 0.6) is 0 Å². The summed E-state index contributed by atoms with van der Waals surface area (Å²) >= 11 is 1.36. The van der Waals surface area contributed by atoms with E-state index in [4.69, 9.17) is 5.73 Å². The minimum atomic E-state index is -0.359. The number of nitrogens with one attached hydrogen (secondary N) is 1. The molecular formula is C14H20N4O2S. The van der Waals surface area contributed by atoms with E-state index in [0.29, 0.717) is 17.9 Å². The van der Waals surface area contributed by atoms with Gasteiger partial charge in [0.15, 0.2) is 0 Å². The van der Waals surface area contributed by atoms with Gasteiger partial charge in [-0.05, 0) is 25.0 Å². The van der Waals surface area contributed by atoms with Gasteiger partial charge < -0.3 is 16.0 Å². The zero-order valence-corrected chi connectivity index (χ0v) is 12.7. The van der Waals surface area contributed by atoms with Crippen LogP contribution in [0, 0.1) is 0 Å². The molecule has 114 valence electrons. The first-order valence-corrected chi connectivity index (χ1v) is 8.17. The van der Waals surface area contributed by atoms with E-state index in [9.17, 15) is 9.59 Å². The molecule has 3 N–H and O–H groups in total. The van der Waals surface area contributed by atoms with Gasteiger partial charge in [0.05, 0.1) is 17.6 Å². The quantitative estimate of drug-likeness (QED) is 0.740. The molecule has 1 aromatic heterocycles. The Balaban J connectivity index is 1.74. The van der Waals surface area contributed by atoms with E-state index in [0.717, 1.165) is 18.9 Å². The van der Waals surface area contributed by atoms with Gasteiger partial charge in [0.1, 0.15) is 5.82 Å². The Bertz CT molecular complexity index is 486. The monoisotopic (exact) mass is 308 g/mol. The number of carbonyl (C=O) groups is 2. The van der Waals surface area contributed by atoms with Crippen LogP contribution in [0.4, 0.5) is 11.5 Å². The second kappa shape index (κ2) is 7.87. The first-order chi connectivity index (χ1) is 10.1. The minimum Gasteiger partial charge on any atom is -0.369 e. The molecule has 1 saturated heterocycles. The molecule has 21 heavy (non-hydrogen) atoms. The summed E-state index contributed by atoms with van der Waals surface area (Å²) in [5.74, 6) is 1.35. The van der Waals surface area contributed by atoms with E-state index in [1.807, 2.05) is 12.1 Å². The second-order valence-electron chi connectivity index (χ2n) is 4.92. The van der Waals surface area contributed by atoms with E-state index < -0.39 is 0 Å². The van der Waals surface area contributed by atoms with Gasteiger partial charge in [-0.25, -0.2) is 4.98 Å². The summed E-state index contributed by atoms with van der Waals surface area (Å²) in [6, 6.07) is 3.80. The number of aromatic nitrogens is 1. The van der Waals surface area contributed by atoms with E-state index in [1.54, 1.807) is 6.20 Å². The van der Waals surface area contributed by atoms with Crippen LogP contribution in [0.1, 0.15) is 19.3 Å². The van der Waals surface area contributed by atoms with Crippen molar-refractivity contribution in [3.8, 4) is 0 Å². The molecule has 1 aliphatic heterocycles. The number of hydrogen-bond donors (Lipinski definition) is 2. The molecule has 2 amide bonds. The molecule has 0 aromatic carbocycles. The third-order valence-electron chi connectivity index (χ3n) is 3.18. The number of primary amides is 1. The van der Waals surface area contributed by atoms with E-state index in [1.165, 1.54) is 24.6 Å². The Hall–Kier alpha value is -1.76. The summed E-state index contributed by atoms with van der Waals surface area (Å²) in [6.45, 7) is 2.10. The van der Waals surface area contributed by atoms with Crippen LogP contribution in [0.25, 0.3) is 0 Å². The molecule has 0 unspecified atom stereocenters.